The van der Waals surface area contributed by atoms with E-state index in [-0.39, 0.29) is 25.2 Å². The Balaban J connectivity index is 2.08. The van der Waals surface area contributed by atoms with Crippen molar-refractivity contribution in [2.45, 2.75) is 46.4 Å². The maximum absolute atomic E-state index is 13.0. The SMILES string of the molecule is CCOC(=O)COc1ccc(C(=O)C(C)NC(=O)C(=Nc2ccccc2)NC(=O)OC(C)OC(=O)CC)cc1. The van der Waals surface area contributed by atoms with Crippen LogP contribution in [-0.4, -0.2) is 61.1 Å². The van der Waals surface area contributed by atoms with Crippen molar-refractivity contribution in [3.63, 3.8) is 0 Å². The molecule has 0 aliphatic carbocycles. The zero-order valence-corrected chi connectivity index (χ0v) is 22.1. The number of rotatable bonds is 11. The number of Topliss-reactive ketones (excluding diaryl/α,β-unsaturated/α-hetero) is 1. The lowest BCUT2D eigenvalue weighted by molar-refractivity contribution is -0.164. The highest BCUT2D eigenvalue weighted by Gasteiger charge is 2.23. The second kappa shape index (κ2) is 15.5. The van der Waals surface area contributed by atoms with E-state index in [2.05, 4.69) is 15.6 Å². The molecule has 2 rings (SSSR count). The van der Waals surface area contributed by atoms with Gasteiger partial charge in [0, 0.05) is 18.9 Å². The Labute approximate surface area is 225 Å². The maximum atomic E-state index is 13.0. The highest BCUT2D eigenvalue weighted by atomic mass is 16.7. The number of alkyl carbamates (subject to hydrolysis) is 1. The average molecular weight is 542 g/mol. The number of nitrogens with zero attached hydrogens (tertiary/aromatic N) is 1. The highest BCUT2D eigenvalue weighted by molar-refractivity contribution is 6.41. The second-order valence-corrected chi connectivity index (χ2v) is 7.91. The Morgan fingerprint density at radius 2 is 1.54 bits per heavy atom. The molecule has 0 aromatic heterocycles. The van der Waals surface area contributed by atoms with E-state index in [1.165, 1.54) is 38.1 Å². The third-order valence-corrected chi connectivity index (χ3v) is 4.83. The second-order valence-electron chi connectivity index (χ2n) is 7.91. The van der Waals surface area contributed by atoms with Crippen LogP contribution in [0.2, 0.25) is 0 Å². The van der Waals surface area contributed by atoms with Crippen LogP contribution in [0.5, 0.6) is 5.75 Å². The number of hydrogen-bond acceptors (Lipinski definition) is 10. The summed E-state index contributed by atoms with van der Waals surface area (Å²) in [6.45, 7) is 6.05. The molecule has 0 spiro atoms. The van der Waals surface area contributed by atoms with Gasteiger partial charge >= 0.3 is 18.0 Å². The maximum Gasteiger partial charge on any atom is 0.416 e. The normalized spacial score (nSPS) is 12.4. The Kier molecular flexibility index (Phi) is 12.1. The van der Waals surface area contributed by atoms with Gasteiger partial charge in [-0.3, -0.25) is 19.7 Å². The van der Waals surface area contributed by atoms with Crippen molar-refractivity contribution in [1.82, 2.24) is 10.6 Å². The van der Waals surface area contributed by atoms with Gasteiger partial charge in [0.25, 0.3) is 5.91 Å². The van der Waals surface area contributed by atoms with Crippen molar-refractivity contribution in [3.05, 3.63) is 60.2 Å². The minimum atomic E-state index is -1.21. The van der Waals surface area contributed by atoms with Crippen LogP contribution in [-0.2, 0) is 28.6 Å². The van der Waals surface area contributed by atoms with Gasteiger partial charge in [-0.1, -0.05) is 25.1 Å². The molecule has 2 aromatic carbocycles. The van der Waals surface area contributed by atoms with Crippen molar-refractivity contribution in [3.8, 4) is 5.75 Å². The van der Waals surface area contributed by atoms with Crippen LogP contribution < -0.4 is 15.4 Å². The molecule has 2 unspecified atom stereocenters. The van der Waals surface area contributed by atoms with E-state index in [9.17, 15) is 24.0 Å². The summed E-state index contributed by atoms with van der Waals surface area (Å²) in [7, 11) is 0. The minimum absolute atomic E-state index is 0.0910. The van der Waals surface area contributed by atoms with Crippen molar-refractivity contribution >= 4 is 41.2 Å². The van der Waals surface area contributed by atoms with Gasteiger partial charge in [0.05, 0.1) is 18.3 Å². The fraction of sp³-hybridized carbons (Fsp3) is 0.333. The summed E-state index contributed by atoms with van der Waals surface area (Å²) in [6, 6.07) is 13.3. The molecule has 0 heterocycles. The summed E-state index contributed by atoms with van der Waals surface area (Å²) in [5.41, 5.74) is 0.623. The summed E-state index contributed by atoms with van der Waals surface area (Å²) < 4.78 is 19.9. The van der Waals surface area contributed by atoms with Gasteiger partial charge in [0.2, 0.25) is 12.1 Å². The lowest BCUT2D eigenvalue weighted by Gasteiger charge is -2.17. The summed E-state index contributed by atoms with van der Waals surface area (Å²) >= 11 is 0. The van der Waals surface area contributed by atoms with Gasteiger partial charge < -0.3 is 24.3 Å². The number of carbonyl (C=O) groups excluding carboxylic acids is 5. The van der Waals surface area contributed by atoms with Crippen molar-refractivity contribution in [2.24, 2.45) is 4.99 Å². The summed E-state index contributed by atoms with van der Waals surface area (Å²) in [5, 5.41) is 4.73. The van der Waals surface area contributed by atoms with E-state index in [0.29, 0.717) is 11.4 Å². The summed E-state index contributed by atoms with van der Waals surface area (Å²) in [5.74, 6) is -2.46. The zero-order valence-electron chi connectivity index (χ0n) is 22.1. The molecule has 0 fully saturated rings. The van der Waals surface area contributed by atoms with E-state index < -0.39 is 47.9 Å². The number of hydrogen-bond donors (Lipinski definition) is 2. The van der Waals surface area contributed by atoms with Gasteiger partial charge in [-0.25, -0.2) is 14.6 Å². The molecule has 0 bridgehead atoms. The van der Waals surface area contributed by atoms with Crippen LogP contribution in [0.3, 0.4) is 0 Å². The van der Waals surface area contributed by atoms with Gasteiger partial charge in [0.1, 0.15) is 5.75 Å². The number of nitrogens with one attached hydrogen (secondary N) is 2. The highest BCUT2D eigenvalue weighted by Crippen LogP contribution is 2.14. The number of benzene rings is 2. The molecule has 2 atom stereocenters. The number of ether oxygens (including phenoxy) is 4. The first-order chi connectivity index (χ1) is 18.6. The molecule has 0 aliphatic rings. The van der Waals surface area contributed by atoms with E-state index >= 15 is 0 Å². The Morgan fingerprint density at radius 1 is 0.872 bits per heavy atom. The molecule has 0 radical (unpaired) electrons. The molecule has 0 saturated heterocycles. The third-order valence-electron chi connectivity index (χ3n) is 4.83. The zero-order chi connectivity index (χ0) is 28.8. The van der Waals surface area contributed by atoms with Crippen molar-refractivity contribution < 1.29 is 42.9 Å². The van der Waals surface area contributed by atoms with Crippen molar-refractivity contribution in [1.29, 1.82) is 0 Å². The number of carbonyl (C=O) groups is 5. The van der Waals surface area contributed by atoms with Gasteiger partial charge in [-0.2, -0.15) is 0 Å². The van der Waals surface area contributed by atoms with Crippen LogP contribution in [0.15, 0.2) is 59.6 Å². The van der Waals surface area contributed by atoms with Gasteiger partial charge in [0.15, 0.2) is 12.4 Å². The summed E-state index contributed by atoms with van der Waals surface area (Å²) in [4.78, 5) is 65.2. The molecular weight excluding hydrogens is 510 g/mol. The Morgan fingerprint density at radius 3 is 2.15 bits per heavy atom. The van der Waals surface area contributed by atoms with E-state index in [4.69, 9.17) is 18.9 Å². The first-order valence-electron chi connectivity index (χ1n) is 12.2. The van der Waals surface area contributed by atoms with Crippen LogP contribution in [0, 0.1) is 0 Å². The largest absolute Gasteiger partial charge is 0.482 e. The number of amides is 2. The first kappa shape index (κ1) is 30.5. The molecular formula is C27H31N3O9. The van der Waals surface area contributed by atoms with Crippen LogP contribution in [0.1, 0.15) is 44.5 Å². The molecule has 39 heavy (non-hydrogen) atoms. The smallest absolute Gasteiger partial charge is 0.416 e. The van der Waals surface area contributed by atoms with E-state index in [0.717, 1.165) is 0 Å². The van der Waals surface area contributed by atoms with Crippen LogP contribution >= 0.6 is 0 Å². The third kappa shape index (κ3) is 10.6. The molecule has 2 amide bonds. The molecule has 2 N–H and O–H groups in total. The number of amidine groups is 1. The number of aliphatic imine (C=N–C) groups is 1. The fourth-order valence-electron chi connectivity index (χ4n) is 2.98. The lowest BCUT2D eigenvalue weighted by atomic mass is 10.1. The number of ketones is 1. The Bertz CT molecular complexity index is 1180. The molecule has 0 aliphatic heterocycles. The van der Waals surface area contributed by atoms with Crippen LogP contribution in [0.25, 0.3) is 0 Å². The standard InChI is InChI=1S/C27H31N3O9/c1-5-22(31)38-18(4)39-27(35)30-25(29-20-10-8-7-9-11-20)26(34)28-17(3)24(33)19-12-14-21(15-13-19)37-16-23(32)36-6-2/h7-15,17-18H,5-6,16H2,1-4H3,(H,28,34)(H,29,30,35). The minimum Gasteiger partial charge on any atom is -0.482 e. The Hall–Kier alpha value is -4.74. The predicted molar refractivity (Wildman–Crippen MR) is 140 cm³/mol. The fourth-order valence-corrected chi connectivity index (χ4v) is 2.98. The molecule has 2 aromatic rings. The van der Waals surface area contributed by atoms with Crippen LogP contribution in [0.4, 0.5) is 10.5 Å². The van der Waals surface area contributed by atoms with Gasteiger partial charge in [-0.05, 0) is 50.2 Å². The van der Waals surface area contributed by atoms with E-state index in [1.807, 2.05) is 0 Å². The van der Waals surface area contributed by atoms with Crippen molar-refractivity contribution in [2.75, 3.05) is 13.2 Å². The number of para-hydroxylation sites is 1. The first-order valence-corrected chi connectivity index (χ1v) is 12.2. The van der Waals surface area contributed by atoms with E-state index in [1.54, 1.807) is 44.2 Å². The summed E-state index contributed by atoms with van der Waals surface area (Å²) in [6.07, 6.45) is -2.20. The molecule has 208 valence electrons. The average Bonchev–Trinajstić information content (AvgIpc) is 2.91. The topological polar surface area (TPSA) is 159 Å². The lowest BCUT2D eigenvalue weighted by Crippen LogP contribution is -2.48. The monoisotopic (exact) mass is 541 g/mol. The predicted octanol–water partition coefficient (Wildman–Crippen LogP) is 3.07. The molecule has 12 nitrogen and oxygen atoms in total. The quantitative estimate of drug-likeness (QED) is 0.143. The molecule has 12 heteroatoms. The number of esters is 2. The van der Waals surface area contributed by atoms with Gasteiger partial charge in [-0.15, -0.1) is 0 Å². The molecule has 0 saturated carbocycles.